The molecule has 2 aliphatic rings. The second-order valence-corrected chi connectivity index (χ2v) is 7.94. The van der Waals surface area contributed by atoms with Crippen molar-refractivity contribution in [2.24, 2.45) is 0 Å². The van der Waals surface area contributed by atoms with E-state index in [1.165, 1.54) is 7.05 Å². The van der Waals surface area contributed by atoms with Crippen LogP contribution in [0.5, 0.6) is 0 Å². The van der Waals surface area contributed by atoms with Gasteiger partial charge in [0.05, 0.1) is 17.1 Å². The highest BCUT2D eigenvalue weighted by atomic mass is 32.2. The summed E-state index contributed by atoms with van der Waals surface area (Å²) in [5.41, 5.74) is -0.343. The molecule has 1 aromatic rings. The van der Waals surface area contributed by atoms with Crippen LogP contribution in [0.3, 0.4) is 0 Å². The Labute approximate surface area is 138 Å². The van der Waals surface area contributed by atoms with E-state index in [1.807, 2.05) is 0 Å². The number of sulfonamides is 1. The standard InChI is InChI=1S/C14H16FN3O5S/c1-7-14-12(16-8(2)17(3)24(14,21)22)13(23-7)10-6-9(18(19)20)4-5-11(10)15/h4-7,12-14,16H,2H2,1,3H3/t7-,12-,13-,14+/m0/s1. The number of hydrogen-bond donors (Lipinski definition) is 1. The number of nitrogens with zero attached hydrogens (tertiary/aromatic N) is 2. The zero-order valence-electron chi connectivity index (χ0n) is 13.0. The predicted octanol–water partition coefficient (Wildman–Crippen LogP) is 1.27. The van der Waals surface area contributed by atoms with Gasteiger partial charge in [-0.2, -0.15) is 0 Å². The van der Waals surface area contributed by atoms with Crippen LogP contribution in [0.25, 0.3) is 0 Å². The van der Waals surface area contributed by atoms with Gasteiger partial charge in [-0.25, -0.2) is 12.8 Å². The van der Waals surface area contributed by atoms with Gasteiger partial charge >= 0.3 is 0 Å². The van der Waals surface area contributed by atoms with Gasteiger partial charge in [0.25, 0.3) is 5.69 Å². The second kappa shape index (κ2) is 5.42. The van der Waals surface area contributed by atoms with Gasteiger partial charge in [-0.15, -0.1) is 0 Å². The van der Waals surface area contributed by atoms with E-state index in [2.05, 4.69) is 11.9 Å². The molecule has 0 saturated carbocycles. The van der Waals surface area contributed by atoms with Gasteiger partial charge in [0.1, 0.15) is 23.0 Å². The number of rotatable bonds is 2. The summed E-state index contributed by atoms with van der Waals surface area (Å²) in [6, 6.07) is 2.31. The molecule has 2 heterocycles. The Morgan fingerprint density at radius 1 is 1.46 bits per heavy atom. The Balaban J connectivity index is 2.07. The molecule has 0 radical (unpaired) electrons. The summed E-state index contributed by atoms with van der Waals surface area (Å²) in [6.45, 7) is 5.23. The van der Waals surface area contributed by atoms with E-state index < -0.39 is 44.3 Å². The normalized spacial score (nSPS) is 31.5. The molecule has 24 heavy (non-hydrogen) atoms. The average Bonchev–Trinajstić information content (AvgIpc) is 2.82. The minimum absolute atomic E-state index is 0.0522. The molecule has 3 rings (SSSR count). The van der Waals surface area contributed by atoms with Crippen LogP contribution in [-0.2, 0) is 14.8 Å². The molecule has 4 atom stereocenters. The van der Waals surface area contributed by atoms with Crippen molar-refractivity contribution in [1.29, 1.82) is 0 Å². The fourth-order valence-corrected chi connectivity index (χ4v) is 5.05. The molecule has 8 nitrogen and oxygen atoms in total. The SMILES string of the molecule is C=C1N[C@@H]2[C@@H]([C@H](C)O[C@H]2c2cc([N+](=O)[O-])ccc2F)S(=O)(=O)N1C. The smallest absolute Gasteiger partial charge is 0.270 e. The van der Waals surface area contributed by atoms with Crippen molar-refractivity contribution in [2.45, 2.75) is 30.4 Å². The van der Waals surface area contributed by atoms with E-state index in [9.17, 15) is 22.9 Å². The maximum absolute atomic E-state index is 14.2. The molecule has 10 heteroatoms. The summed E-state index contributed by atoms with van der Waals surface area (Å²) in [5.74, 6) is -0.549. The van der Waals surface area contributed by atoms with Gasteiger partial charge in [-0.05, 0) is 13.0 Å². The molecular formula is C14H16FN3O5S. The number of nitrogens with one attached hydrogen (secondary N) is 1. The number of benzene rings is 1. The number of halogens is 1. The van der Waals surface area contributed by atoms with Crippen LogP contribution >= 0.6 is 0 Å². The fraction of sp³-hybridized carbons (Fsp3) is 0.429. The first-order valence-corrected chi connectivity index (χ1v) is 8.67. The largest absolute Gasteiger partial charge is 0.367 e. The molecular weight excluding hydrogens is 341 g/mol. The molecule has 0 unspecified atom stereocenters. The van der Waals surface area contributed by atoms with E-state index in [4.69, 9.17) is 4.74 Å². The van der Waals surface area contributed by atoms with Crippen LogP contribution < -0.4 is 5.32 Å². The van der Waals surface area contributed by atoms with E-state index in [1.54, 1.807) is 6.92 Å². The predicted molar refractivity (Wildman–Crippen MR) is 82.9 cm³/mol. The number of fused-ring (bicyclic) bond motifs is 1. The lowest BCUT2D eigenvalue weighted by Gasteiger charge is -2.37. The quantitative estimate of drug-likeness (QED) is 0.632. The van der Waals surface area contributed by atoms with Crippen molar-refractivity contribution in [3.8, 4) is 0 Å². The first kappa shape index (κ1) is 16.7. The van der Waals surface area contributed by atoms with Crippen LogP contribution in [0.4, 0.5) is 10.1 Å². The first-order valence-electron chi connectivity index (χ1n) is 7.17. The fourth-order valence-electron chi connectivity index (χ4n) is 3.19. The van der Waals surface area contributed by atoms with Gasteiger partial charge in [0.2, 0.25) is 10.0 Å². The third-order valence-corrected chi connectivity index (χ3v) is 6.79. The van der Waals surface area contributed by atoms with E-state index in [0.29, 0.717) is 0 Å². The van der Waals surface area contributed by atoms with Crippen molar-refractivity contribution >= 4 is 15.7 Å². The number of nitro groups is 1. The van der Waals surface area contributed by atoms with Crippen LogP contribution in [0.15, 0.2) is 30.6 Å². The summed E-state index contributed by atoms with van der Waals surface area (Å²) in [6.07, 6.45) is -1.70. The minimum atomic E-state index is -3.73. The second-order valence-electron chi connectivity index (χ2n) is 5.82. The molecule has 0 aliphatic carbocycles. The van der Waals surface area contributed by atoms with Crippen LogP contribution in [-0.4, -0.2) is 42.1 Å². The summed E-state index contributed by atoms with van der Waals surface area (Å²) in [5, 5.41) is 12.9. The lowest BCUT2D eigenvalue weighted by Crippen LogP contribution is -2.57. The van der Waals surface area contributed by atoms with Crippen LogP contribution in [0, 0.1) is 15.9 Å². The molecule has 1 N–H and O–H groups in total. The van der Waals surface area contributed by atoms with E-state index in [-0.39, 0.29) is 17.1 Å². The minimum Gasteiger partial charge on any atom is -0.367 e. The molecule has 0 bridgehead atoms. The van der Waals surface area contributed by atoms with Crippen LogP contribution in [0.2, 0.25) is 0 Å². The first-order chi connectivity index (χ1) is 11.1. The molecule has 130 valence electrons. The lowest BCUT2D eigenvalue weighted by molar-refractivity contribution is -0.385. The topological polar surface area (TPSA) is 102 Å². The number of nitro benzene ring substituents is 1. The average molecular weight is 357 g/mol. The Morgan fingerprint density at radius 3 is 2.75 bits per heavy atom. The zero-order chi connectivity index (χ0) is 17.8. The lowest BCUT2D eigenvalue weighted by atomic mass is 9.99. The molecule has 2 aliphatic heterocycles. The van der Waals surface area contributed by atoms with E-state index >= 15 is 0 Å². The van der Waals surface area contributed by atoms with Crippen molar-refractivity contribution in [3.05, 3.63) is 52.1 Å². The van der Waals surface area contributed by atoms with Gasteiger partial charge in [0, 0.05) is 24.7 Å². The summed E-state index contributed by atoms with van der Waals surface area (Å²) in [4.78, 5) is 10.3. The monoisotopic (exact) mass is 357 g/mol. The molecule has 0 amide bonds. The molecule has 1 aromatic carbocycles. The summed E-state index contributed by atoms with van der Waals surface area (Å²) < 4.78 is 46.1. The van der Waals surface area contributed by atoms with Crippen molar-refractivity contribution in [1.82, 2.24) is 9.62 Å². The molecule has 2 saturated heterocycles. The van der Waals surface area contributed by atoms with Gasteiger partial charge in [-0.1, -0.05) is 6.58 Å². The zero-order valence-corrected chi connectivity index (χ0v) is 13.8. The van der Waals surface area contributed by atoms with Crippen molar-refractivity contribution in [2.75, 3.05) is 7.05 Å². The number of ether oxygens (including phenoxy) is 1. The summed E-state index contributed by atoms with van der Waals surface area (Å²) in [7, 11) is -2.36. The van der Waals surface area contributed by atoms with Crippen LogP contribution in [0.1, 0.15) is 18.6 Å². The Kier molecular flexibility index (Phi) is 3.76. The third kappa shape index (κ3) is 2.33. The van der Waals surface area contributed by atoms with Gasteiger partial charge < -0.3 is 10.1 Å². The maximum Gasteiger partial charge on any atom is 0.270 e. The van der Waals surface area contributed by atoms with Gasteiger partial charge in [-0.3, -0.25) is 14.4 Å². The molecule has 0 aromatic heterocycles. The molecule has 2 fully saturated rings. The Morgan fingerprint density at radius 2 is 2.12 bits per heavy atom. The summed E-state index contributed by atoms with van der Waals surface area (Å²) >= 11 is 0. The highest BCUT2D eigenvalue weighted by Crippen LogP contribution is 2.42. The Bertz CT molecular complexity index is 828. The number of hydrogen-bond acceptors (Lipinski definition) is 6. The highest BCUT2D eigenvalue weighted by molar-refractivity contribution is 7.90. The van der Waals surface area contributed by atoms with E-state index in [0.717, 1.165) is 22.5 Å². The third-order valence-electron chi connectivity index (χ3n) is 4.44. The van der Waals surface area contributed by atoms with Crippen molar-refractivity contribution in [3.63, 3.8) is 0 Å². The number of non-ortho nitro benzene ring substituents is 1. The maximum atomic E-state index is 14.2. The highest BCUT2D eigenvalue weighted by Gasteiger charge is 2.55. The molecule has 0 spiro atoms. The van der Waals surface area contributed by atoms with Crippen molar-refractivity contribution < 1.29 is 22.5 Å². The van der Waals surface area contributed by atoms with Gasteiger partial charge in [0.15, 0.2) is 0 Å². The Hall–Kier alpha value is -2.20.